The van der Waals surface area contributed by atoms with Crippen LogP contribution in [0.2, 0.25) is 0 Å². The first-order valence-corrected chi connectivity index (χ1v) is 9.98. The lowest BCUT2D eigenvalue weighted by atomic mass is 9.75. The van der Waals surface area contributed by atoms with Crippen LogP contribution in [0.1, 0.15) is 98.3 Å². The van der Waals surface area contributed by atoms with Crippen LogP contribution >= 0.6 is 0 Å². The van der Waals surface area contributed by atoms with Crippen molar-refractivity contribution in [1.29, 1.82) is 0 Å². The highest BCUT2D eigenvalue weighted by Crippen LogP contribution is 2.38. The van der Waals surface area contributed by atoms with Gasteiger partial charge in [-0.05, 0) is 37.5 Å². The lowest BCUT2D eigenvalue weighted by Gasteiger charge is -2.34. The van der Waals surface area contributed by atoms with Crippen LogP contribution in [0.15, 0.2) is 11.6 Å². The Hall–Kier alpha value is -0.300. The van der Waals surface area contributed by atoms with Gasteiger partial charge in [-0.1, -0.05) is 77.9 Å². The van der Waals surface area contributed by atoms with E-state index in [0.29, 0.717) is 11.3 Å². The molecular formula is C21H40O. The topological polar surface area (TPSA) is 9.23 Å². The lowest BCUT2D eigenvalue weighted by molar-refractivity contribution is 0.0113. The number of rotatable bonds is 15. The molecule has 130 valence electrons. The van der Waals surface area contributed by atoms with E-state index in [2.05, 4.69) is 33.8 Å². The zero-order valence-corrected chi connectivity index (χ0v) is 15.8. The van der Waals surface area contributed by atoms with Crippen molar-refractivity contribution in [1.82, 2.24) is 0 Å². The third-order valence-electron chi connectivity index (χ3n) is 5.37. The Bertz CT molecular complexity index is 283. The standard InChI is InChI=1S/C21H40O/c1-5-9-14-21(15-10-6-2,16-11-7-3)18-22-17-19(8-4)20-12-13-20/h12,19H,5-11,13-18H2,1-4H3. The number of hydrogen-bond acceptors (Lipinski definition) is 1. The predicted octanol–water partition coefficient (Wildman–Crippen LogP) is 6.92. The van der Waals surface area contributed by atoms with E-state index < -0.39 is 0 Å². The zero-order chi connectivity index (χ0) is 16.3. The molecule has 0 aliphatic heterocycles. The molecule has 0 N–H and O–H groups in total. The van der Waals surface area contributed by atoms with E-state index in [1.54, 1.807) is 5.57 Å². The van der Waals surface area contributed by atoms with Gasteiger partial charge < -0.3 is 4.74 Å². The van der Waals surface area contributed by atoms with Crippen LogP contribution in [0, 0.1) is 11.3 Å². The Morgan fingerprint density at radius 1 is 0.955 bits per heavy atom. The first-order valence-electron chi connectivity index (χ1n) is 9.98. The molecule has 0 saturated heterocycles. The van der Waals surface area contributed by atoms with Gasteiger partial charge in [-0.3, -0.25) is 0 Å². The van der Waals surface area contributed by atoms with E-state index in [9.17, 15) is 0 Å². The van der Waals surface area contributed by atoms with Crippen LogP contribution in [0.4, 0.5) is 0 Å². The Kier molecular flexibility index (Phi) is 10.1. The van der Waals surface area contributed by atoms with Crippen LogP contribution in [0.3, 0.4) is 0 Å². The first kappa shape index (κ1) is 19.7. The van der Waals surface area contributed by atoms with Gasteiger partial charge in [-0.25, -0.2) is 0 Å². The van der Waals surface area contributed by atoms with Crippen molar-refractivity contribution in [3.63, 3.8) is 0 Å². The Labute approximate surface area is 139 Å². The monoisotopic (exact) mass is 308 g/mol. The highest BCUT2D eigenvalue weighted by atomic mass is 16.5. The highest BCUT2D eigenvalue weighted by Gasteiger charge is 2.29. The molecule has 0 aromatic carbocycles. The molecule has 1 nitrogen and oxygen atoms in total. The van der Waals surface area contributed by atoms with Gasteiger partial charge in [-0.15, -0.1) is 0 Å². The maximum Gasteiger partial charge on any atom is 0.0531 e. The van der Waals surface area contributed by atoms with Crippen molar-refractivity contribution in [3.05, 3.63) is 11.6 Å². The number of ether oxygens (including phenoxy) is 1. The molecule has 1 rings (SSSR count). The third kappa shape index (κ3) is 7.31. The molecule has 1 aliphatic rings. The van der Waals surface area contributed by atoms with E-state index in [1.165, 1.54) is 70.6 Å². The van der Waals surface area contributed by atoms with E-state index >= 15 is 0 Å². The molecule has 1 unspecified atom stereocenters. The van der Waals surface area contributed by atoms with Crippen LogP contribution in [-0.4, -0.2) is 13.2 Å². The average molecular weight is 309 g/mol. The Morgan fingerprint density at radius 3 is 1.82 bits per heavy atom. The number of hydrogen-bond donors (Lipinski definition) is 0. The van der Waals surface area contributed by atoms with Crippen LogP contribution in [-0.2, 0) is 4.74 Å². The van der Waals surface area contributed by atoms with Crippen molar-refractivity contribution < 1.29 is 4.74 Å². The molecule has 22 heavy (non-hydrogen) atoms. The second-order valence-corrected chi connectivity index (χ2v) is 7.41. The lowest BCUT2D eigenvalue weighted by Crippen LogP contribution is -2.28. The molecule has 0 amide bonds. The van der Waals surface area contributed by atoms with Gasteiger partial charge in [0, 0.05) is 5.92 Å². The summed E-state index contributed by atoms with van der Waals surface area (Å²) in [5.74, 6) is 0.696. The summed E-state index contributed by atoms with van der Waals surface area (Å²) in [6.07, 6.45) is 17.0. The Morgan fingerprint density at radius 2 is 1.45 bits per heavy atom. The zero-order valence-electron chi connectivity index (χ0n) is 15.8. The largest absolute Gasteiger partial charge is 0.380 e. The molecule has 0 bridgehead atoms. The summed E-state index contributed by atoms with van der Waals surface area (Å²) >= 11 is 0. The predicted molar refractivity (Wildman–Crippen MR) is 98.3 cm³/mol. The van der Waals surface area contributed by atoms with Gasteiger partial charge in [0.2, 0.25) is 0 Å². The summed E-state index contributed by atoms with van der Waals surface area (Å²) in [5.41, 5.74) is 2.10. The number of unbranched alkanes of at least 4 members (excludes halogenated alkanes) is 3. The summed E-state index contributed by atoms with van der Waals surface area (Å²) in [5, 5.41) is 0. The van der Waals surface area contributed by atoms with Crippen molar-refractivity contribution in [2.75, 3.05) is 13.2 Å². The smallest absolute Gasteiger partial charge is 0.0531 e. The van der Waals surface area contributed by atoms with Crippen LogP contribution < -0.4 is 0 Å². The van der Waals surface area contributed by atoms with E-state index in [1.807, 2.05) is 0 Å². The summed E-state index contributed by atoms with van der Waals surface area (Å²) in [4.78, 5) is 0. The Balaban J connectivity index is 2.53. The maximum atomic E-state index is 6.30. The fourth-order valence-electron chi connectivity index (χ4n) is 3.54. The quantitative estimate of drug-likeness (QED) is 0.298. The first-order chi connectivity index (χ1) is 10.7. The van der Waals surface area contributed by atoms with Gasteiger partial charge in [-0.2, -0.15) is 0 Å². The fraction of sp³-hybridized carbons (Fsp3) is 0.905. The summed E-state index contributed by atoms with van der Waals surface area (Å²) in [6.45, 7) is 11.2. The molecular weight excluding hydrogens is 268 g/mol. The van der Waals surface area contributed by atoms with E-state index in [4.69, 9.17) is 4.74 Å². The van der Waals surface area contributed by atoms with Gasteiger partial charge in [0.25, 0.3) is 0 Å². The molecule has 1 heteroatoms. The molecule has 0 aromatic heterocycles. The van der Waals surface area contributed by atoms with E-state index in [-0.39, 0.29) is 0 Å². The van der Waals surface area contributed by atoms with Gasteiger partial charge in [0.05, 0.1) is 13.2 Å². The minimum absolute atomic E-state index is 0.457. The fourth-order valence-corrected chi connectivity index (χ4v) is 3.54. The summed E-state index contributed by atoms with van der Waals surface area (Å²) in [7, 11) is 0. The van der Waals surface area contributed by atoms with Crippen LogP contribution in [0.25, 0.3) is 0 Å². The van der Waals surface area contributed by atoms with E-state index in [0.717, 1.165) is 13.2 Å². The second kappa shape index (κ2) is 11.3. The van der Waals surface area contributed by atoms with Gasteiger partial charge in [0.1, 0.15) is 0 Å². The molecule has 0 spiro atoms. The summed E-state index contributed by atoms with van der Waals surface area (Å²) in [6, 6.07) is 0. The minimum atomic E-state index is 0.457. The molecule has 0 saturated carbocycles. The molecule has 0 heterocycles. The van der Waals surface area contributed by atoms with Gasteiger partial charge >= 0.3 is 0 Å². The second-order valence-electron chi connectivity index (χ2n) is 7.41. The SMILES string of the molecule is CCCCC(CCCC)(CCCC)COCC(CC)C1=CC1. The van der Waals surface area contributed by atoms with Crippen molar-refractivity contribution in [2.24, 2.45) is 11.3 Å². The molecule has 1 aliphatic carbocycles. The van der Waals surface area contributed by atoms with Crippen molar-refractivity contribution in [3.8, 4) is 0 Å². The van der Waals surface area contributed by atoms with Crippen LogP contribution in [0.5, 0.6) is 0 Å². The molecule has 0 fully saturated rings. The summed E-state index contributed by atoms with van der Waals surface area (Å²) < 4.78 is 6.30. The highest BCUT2D eigenvalue weighted by molar-refractivity contribution is 5.24. The molecule has 1 atom stereocenters. The molecule has 0 radical (unpaired) electrons. The van der Waals surface area contributed by atoms with Crippen molar-refractivity contribution >= 4 is 0 Å². The molecule has 0 aromatic rings. The normalized spacial score (nSPS) is 15.7. The minimum Gasteiger partial charge on any atom is -0.380 e. The maximum absolute atomic E-state index is 6.30. The van der Waals surface area contributed by atoms with Crippen molar-refractivity contribution in [2.45, 2.75) is 98.3 Å². The number of allylic oxidation sites excluding steroid dienone is 1. The average Bonchev–Trinajstić information content (AvgIpc) is 3.37. The van der Waals surface area contributed by atoms with Gasteiger partial charge in [0.15, 0.2) is 0 Å². The third-order valence-corrected chi connectivity index (χ3v) is 5.37.